The van der Waals surface area contributed by atoms with Gasteiger partial charge in [-0.1, -0.05) is 11.6 Å². The molecule has 0 aliphatic heterocycles. The van der Waals surface area contributed by atoms with E-state index in [1.807, 2.05) is 6.07 Å². The summed E-state index contributed by atoms with van der Waals surface area (Å²) in [6.45, 7) is 0.183. The normalized spacial score (nSPS) is 9.83. The molecule has 0 spiro atoms. The fraction of sp³-hybridized carbons (Fsp3) is 0.0714. The lowest BCUT2D eigenvalue weighted by atomic mass is 10.2. The molecule has 90 valence electrons. The molecular weight excluding hydrogens is 253 g/mol. The average molecular weight is 262 g/mol. The van der Waals surface area contributed by atoms with Crippen molar-refractivity contribution in [1.82, 2.24) is 0 Å². The molecule has 0 bridgehead atoms. The summed E-state index contributed by atoms with van der Waals surface area (Å²) in [6, 6.07) is 12.8. The highest BCUT2D eigenvalue weighted by molar-refractivity contribution is 6.31. The predicted octanol–water partition coefficient (Wildman–Crippen LogP) is 3.93. The molecule has 0 N–H and O–H groups in total. The van der Waals surface area contributed by atoms with Crippen LogP contribution in [0.5, 0.6) is 5.75 Å². The topological polar surface area (TPSA) is 33.0 Å². The zero-order valence-corrected chi connectivity index (χ0v) is 10.1. The Labute approximate surface area is 109 Å². The summed E-state index contributed by atoms with van der Waals surface area (Å²) in [7, 11) is 0. The van der Waals surface area contributed by atoms with E-state index in [-0.39, 0.29) is 12.4 Å². The van der Waals surface area contributed by atoms with Gasteiger partial charge >= 0.3 is 0 Å². The summed E-state index contributed by atoms with van der Waals surface area (Å²) in [5.74, 6) is 0.257. The Hall–Kier alpha value is -2.05. The van der Waals surface area contributed by atoms with Gasteiger partial charge in [0.05, 0.1) is 11.6 Å². The number of hydrogen-bond acceptors (Lipinski definition) is 2. The van der Waals surface area contributed by atoms with Crippen molar-refractivity contribution in [3.05, 3.63) is 64.4 Å². The van der Waals surface area contributed by atoms with Crippen LogP contribution in [0.4, 0.5) is 4.39 Å². The Kier molecular flexibility index (Phi) is 3.81. The second-order valence-electron chi connectivity index (χ2n) is 3.66. The summed E-state index contributed by atoms with van der Waals surface area (Å²) in [5.41, 5.74) is 1.15. The van der Waals surface area contributed by atoms with Crippen molar-refractivity contribution in [3.8, 4) is 11.8 Å². The van der Waals surface area contributed by atoms with Crippen LogP contribution in [0, 0.1) is 17.1 Å². The third kappa shape index (κ3) is 2.99. The largest absolute Gasteiger partial charge is 0.489 e. The minimum absolute atomic E-state index is 0.183. The van der Waals surface area contributed by atoms with Crippen molar-refractivity contribution in [3.63, 3.8) is 0 Å². The molecule has 18 heavy (non-hydrogen) atoms. The number of halogens is 2. The number of nitriles is 1. The van der Waals surface area contributed by atoms with E-state index >= 15 is 0 Å². The Morgan fingerprint density at radius 3 is 2.56 bits per heavy atom. The van der Waals surface area contributed by atoms with Crippen LogP contribution < -0.4 is 4.74 Å². The molecule has 0 radical (unpaired) electrons. The van der Waals surface area contributed by atoms with Crippen molar-refractivity contribution < 1.29 is 9.13 Å². The summed E-state index contributed by atoms with van der Waals surface area (Å²) in [6.07, 6.45) is 0. The molecule has 2 rings (SSSR count). The highest BCUT2D eigenvalue weighted by Gasteiger charge is 2.03. The van der Waals surface area contributed by atoms with Gasteiger partial charge in [0.15, 0.2) is 0 Å². The van der Waals surface area contributed by atoms with E-state index in [4.69, 9.17) is 21.6 Å². The molecule has 0 unspecified atom stereocenters. The maximum atomic E-state index is 13.0. The lowest BCUT2D eigenvalue weighted by molar-refractivity contribution is 0.305. The van der Waals surface area contributed by atoms with Gasteiger partial charge in [-0.15, -0.1) is 0 Å². The van der Waals surface area contributed by atoms with Crippen LogP contribution in [-0.2, 0) is 6.61 Å². The van der Waals surface area contributed by atoms with Gasteiger partial charge in [-0.3, -0.25) is 0 Å². The van der Waals surface area contributed by atoms with E-state index in [1.165, 1.54) is 18.2 Å². The highest BCUT2D eigenvalue weighted by atomic mass is 35.5. The Morgan fingerprint density at radius 2 is 1.89 bits per heavy atom. The van der Waals surface area contributed by atoms with Gasteiger partial charge in [0.2, 0.25) is 0 Å². The van der Waals surface area contributed by atoms with E-state index in [1.54, 1.807) is 24.3 Å². The van der Waals surface area contributed by atoms with Crippen LogP contribution in [0.1, 0.15) is 11.1 Å². The average Bonchev–Trinajstić information content (AvgIpc) is 2.40. The van der Waals surface area contributed by atoms with Gasteiger partial charge in [-0.25, -0.2) is 4.39 Å². The van der Waals surface area contributed by atoms with Gasteiger partial charge < -0.3 is 4.74 Å². The molecule has 0 amide bonds. The molecule has 0 aromatic heterocycles. The number of benzene rings is 2. The first-order valence-corrected chi connectivity index (χ1v) is 5.64. The minimum Gasteiger partial charge on any atom is -0.489 e. The number of ether oxygens (including phenoxy) is 1. The van der Waals surface area contributed by atoms with Gasteiger partial charge in [0, 0.05) is 10.6 Å². The molecule has 0 saturated carbocycles. The van der Waals surface area contributed by atoms with Crippen LogP contribution in [0.3, 0.4) is 0 Å². The molecule has 0 fully saturated rings. The smallest absolute Gasteiger partial charge is 0.123 e. The Morgan fingerprint density at radius 1 is 1.17 bits per heavy atom. The molecule has 2 aromatic rings. The minimum atomic E-state index is -0.349. The molecule has 0 atom stereocenters. The summed E-state index contributed by atoms with van der Waals surface area (Å²) in [5, 5.41) is 9.12. The van der Waals surface area contributed by atoms with E-state index in [0.717, 1.165) is 0 Å². The third-order valence-corrected chi connectivity index (χ3v) is 2.75. The standard InChI is InChI=1S/C14H9ClFNO/c15-14-6-3-12(16)7-11(14)9-18-13-4-1-10(8-17)2-5-13/h1-7H,9H2. The first-order chi connectivity index (χ1) is 8.69. The van der Waals surface area contributed by atoms with Gasteiger partial charge in [-0.2, -0.15) is 5.26 Å². The molecule has 0 heterocycles. The molecule has 0 aliphatic carbocycles. The Balaban J connectivity index is 2.07. The van der Waals surface area contributed by atoms with Crippen LogP contribution in [0.2, 0.25) is 5.02 Å². The SMILES string of the molecule is N#Cc1ccc(OCc2cc(F)ccc2Cl)cc1. The highest BCUT2D eigenvalue weighted by Crippen LogP contribution is 2.20. The number of rotatable bonds is 3. The molecule has 0 aliphatic rings. The first-order valence-electron chi connectivity index (χ1n) is 5.26. The predicted molar refractivity (Wildman–Crippen MR) is 66.9 cm³/mol. The van der Waals surface area contributed by atoms with E-state index in [0.29, 0.717) is 21.9 Å². The van der Waals surface area contributed by atoms with Crippen LogP contribution in [0.15, 0.2) is 42.5 Å². The summed E-state index contributed by atoms with van der Waals surface area (Å²) in [4.78, 5) is 0. The van der Waals surface area contributed by atoms with E-state index in [2.05, 4.69) is 0 Å². The van der Waals surface area contributed by atoms with Crippen molar-refractivity contribution in [2.24, 2.45) is 0 Å². The molecule has 4 heteroatoms. The van der Waals surface area contributed by atoms with Crippen molar-refractivity contribution in [2.45, 2.75) is 6.61 Å². The fourth-order valence-corrected chi connectivity index (χ4v) is 1.61. The van der Waals surface area contributed by atoms with Crippen LogP contribution >= 0.6 is 11.6 Å². The maximum absolute atomic E-state index is 13.0. The molecular formula is C14H9ClFNO. The molecule has 2 nitrogen and oxygen atoms in total. The fourth-order valence-electron chi connectivity index (χ4n) is 1.44. The number of nitrogens with zero attached hydrogens (tertiary/aromatic N) is 1. The molecule has 2 aromatic carbocycles. The van der Waals surface area contributed by atoms with Crippen LogP contribution in [0.25, 0.3) is 0 Å². The number of hydrogen-bond donors (Lipinski definition) is 0. The zero-order chi connectivity index (χ0) is 13.0. The van der Waals surface area contributed by atoms with Crippen LogP contribution in [-0.4, -0.2) is 0 Å². The third-order valence-electron chi connectivity index (χ3n) is 2.39. The maximum Gasteiger partial charge on any atom is 0.123 e. The lowest BCUT2D eigenvalue weighted by Gasteiger charge is -2.07. The van der Waals surface area contributed by atoms with Crippen molar-refractivity contribution >= 4 is 11.6 Å². The van der Waals surface area contributed by atoms with Crippen molar-refractivity contribution in [1.29, 1.82) is 5.26 Å². The first kappa shape index (κ1) is 12.4. The zero-order valence-electron chi connectivity index (χ0n) is 9.36. The second-order valence-corrected chi connectivity index (χ2v) is 4.07. The van der Waals surface area contributed by atoms with E-state index in [9.17, 15) is 4.39 Å². The second kappa shape index (κ2) is 5.52. The van der Waals surface area contributed by atoms with Gasteiger partial charge in [0.1, 0.15) is 18.2 Å². The monoisotopic (exact) mass is 261 g/mol. The van der Waals surface area contributed by atoms with E-state index < -0.39 is 0 Å². The van der Waals surface area contributed by atoms with Crippen molar-refractivity contribution in [2.75, 3.05) is 0 Å². The van der Waals surface area contributed by atoms with Gasteiger partial charge in [0.25, 0.3) is 0 Å². The Bertz CT molecular complexity index is 590. The lowest BCUT2D eigenvalue weighted by Crippen LogP contribution is -1.97. The summed E-state index contributed by atoms with van der Waals surface area (Å²) < 4.78 is 18.5. The molecule has 0 saturated heterocycles. The summed E-state index contributed by atoms with van der Waals surface area (Å²) >= 11 is 5.92. The van der Waals surface area contributed by atoms with Gasteiger partial charge in [-0.05, 0) is 42.5 Å². The quantitative estimate of drug-likeness (QED) is 0.839.